The maximum atomic E-state index is 14.1. The van der Waals surface area contributed by atoms with Gasteiger partial charge in [-0.15, -0.1) is 0 Å². The van der Waals surface area contributed by atoms with Crippen molar-refractivity contribution in [2.24, 2.45) is 17.8 Å². The first-order valence-corrected chi connectivity index (χ1v) is 10.1. The Balaban J connectivity index is 1.52. The van der Waals surface area contributed by atoms with Gasteiger partial charge in [0.2, 0.25) is 0 Å². The second-order valence-corrected chi connectivity index (χ2v) is 8.40. The van der Waals surface area contributed by atoms with Crippen molar-refractivity contribution < 1.29 is 9.31 Å². The number of nitrogens with one attached hydrogen (secondary N) is 1. The van der Waals surface area contributed by atoms with Crippen LogP contribution in [0, 0.1) is 45.5 Å². The molecule has 2 heterocycles. The van der Waals surface area contributed by atoms with Gasteiger partial charge in [0.15, 0.2) is 0 Å². The number of nitrogens with zero attached hydrogens (tertiary/aromatic N) is 4. The van der Waals surface area contributed by atoms with Crippen molar-refractivity contribution >= 4 is 39.7 Å². The number of halogens is 2. The number of rotatable bonds is 3. The lowest BCUT2D eigenvalue weighted by Crippen LogP contribution is -2.18. The van der Waals surface area contributed by atoms with Crippen molar-refractivity contribution in [1.29, 1.82) is 0 Å². The molecule has 0 spiro atoms. The first kappa shape index (κ1) is 19.7. The summed E-state index contributed by atoms with van der Waals surface area (Å²) in [6.07, 6.45) is 1.32. The number of nitro benzene ring substituents is 1. The zero-order chi connectivity index (χ0) is 21.7. The number of piperidine rings is 1. The lowest BCUT2D eigenvalue weighted by molar-refractivity contribution is -0.385. The van der Waals surface area contributed by atoms with E-state index in [0.29, 0.717) is 39.2 Å². The van der Waals surface area contributed by atoms with Crippen LogP contribution in [0.15, 0.2) is 36.7 Å². The third-order valence-electron chi connectivity index (χ3n) is 5.88. The van der Waals surface area contributed by atoms with Crippen LogP contribution in [0.1, 0.15) is 5.56 Å². The average Bonchev–Trinajstić information content (AvgIpc) is 3.20. The third-order valence-corrected chi connectivity index (χ3v) is 6.12. The highest BCUT2D eigenvalue weighted by Gasteiger charge is 2.54. The van der Waals surface area contributed by atoms with E-state index in [2.05, 4.69) is 39.1 Å². The second kappa shape index (κ2) is 7.45. The molecule has 1 aliphatic heterocycles. The van der Waals surface area contributed by atoms with Gasteiger partial charge in [0, 0.05) is 35.5 Å². The van der Waals surface area contributed by atoms with Crippen molar-refractivity contribution in [1.82, 2.24) is 14.9 Å². The van der Waals surface area contributed by atoms with E-state index < -0.39 is 10.7 Å². The maximum absolute atomic E-state index is 14.1. The molecule has 9 heteroatoms. The first-order chi connectivity index (χ1) is 14.9. The molecule has 5 rings (SSSR count). The monoisotopic (exact) mass is 437 g/mol. The van der Waals surface area contributed by atoms with Gasteiger partial charge in [-0.3, -0.25) is 10.1 Å². The van der Waals surface area contributed by atoms with E-state index in [4.69, 9.17) is 11.6 Å². The van der Waals surface area contributed by atoms with Gasteiger partial charge in [-0.2, -0.15) is 0 Å². The zero-order valence-electron chi connectivity index (χ0n) is 16.5. The summed E-state index contributed by atoms with van der Waals surface area (Å²) in [4.78, 5) is 21.9. The third kappa shape index (κ3) is 3.67. The van der Waals surface area contributed by atoms with Crippen LogP contribution < -0.4 is 5.32 Å². The Morgan fingerprint density at radius 1 is 1.26 bits per heavy atom. The Bertz CT molecular complexity index is 1280. The second-order valence-electron chi connectivity index (χ2n) is 7.96. The van der Waals surface area contributed by atoms with Gasteiger partial charge < -0.3 is 10.2 Å². The Morgan fingerprint density at radius 3 is 2.77 bits per heavy atom. The van der Waals surface area contributed by atoms with Crippen molar-refractivity contribution in [3.8, 4) is 11.8 Å². The van der Waals surface area contributed by atoms with E-state index in [1.54, 1.807) is 6.07 Å². The largest absolute Gasteiger partial charge is 0.337 e. The summed E-state index contributed by atoms with van der Waals surface area (Å²) in [7, 11) is 2.09. The normalized spacial score (nSPS) is 22.0. The van der Waals surface area contributed by atoms with Crippen molar-refractivity contribution in [3.63, 3.8) is 0 Å². The molecule has 2 aromatic carbocycles. The predicted molar refractivity (Wildman–Crippen MR) is 116 cm³/mol. The zero-order valence-corrected chi connectivity index (χ0v) is 17.2. The van der Waals surface area contributed by atoms with E-state index in [1.165, 1.54) is 30.6 Å². The van der Waals surface area contributed by atoms with Crippen LogP contribution in [-0.2, 0) is 0 Å². The molecule has 0 radical (unpaired) electrons. The molecule has 0 amide bonds. The molecular formula is C22H17ClFN5O2. The van der Waals surface area contributed by atoms with Gasteiger partial charge >= 0.3 is 0 Å². The summed E-state index contributed by atoms with van der Waals surface area (Å²) < 4.78 is 14.1. The van der Waals surface area contributed by atoms with Crippen LogP contribution in [0.25, 0.3) is 10.9 Å². The fourth-order valence-electron chi connectivity index (χ4n) is 4.28. The van der Waals surface area contributed by atoms with E-state index >= 15 is 0 Å². The fourth-order valence-corrected chi connectivity index (χ4v) is 4.45. The summed E-state index contributed by atoms with van der Waals surface area (Å²) in [5, 5.41) is 15.3. The van der Waals surface area contributed by atoms with Gasteiger partial charge in [0.05, 0.1) is 16.1 Å². The lowest BCUT2D eigenvalue weighted by atomic mass is 10.1. The van der Waals surface area contributed by atoms with E-state index in [-0.39, 0.29) is 17.2 Å². The Hall–Kier alpha value is -3.28. The highest BCUT2D eigenvalue weighted by molar-refractivity contribution is 6.30. The van der Waals surface area contributed by atoms with Crippen LogP contribution in [-0.4, -0.2) is 39.9 Å². The van der Waals surface area contributed by atoms with Gasteiger partial charge in [0.1, 0.15) is 23.5 Å². The molecule has 3 atom stereocenters. The lowest BCUT2D eigenvalue weighted by Gasteiger charge is -2.10. The van der Waals surface area contributed by atoms with Gasteiger partial charge in [-0.1, -0.05) is 23.4 Å². The van der Waals surface area contributed by atoms with Crippen molar-refractivity contribution in [2.75, 3.05) is 25.5 Å². The van der Waals surface area contributed by atoms with Crippen LogP contribution in [0.5, 0.6) is 0 Å². The SMILES string of the molecule is CN1C[C@@H]2[C@H](C#Cc3cc4ncnc(Nc5cc(Cl)ccc5F)c4cc3[N+](=O)[O-])[C@@H]2C1. The quantitative estimate of drug-likeness (QED) is 0.375. The molecule has 3 aromatic rings. The number of fused-ring (bicyclic) bond motifs is 2. The first-order valence-electron chi connectivity index (χ1n) is 9.76. The highest BCUT2D eigenvalue weighted by Crippen LogP contribution is 2.50. The van der Waals surface area contributed by atoms with E-state index in [0.717, 1.165) is 13.1 Å². The maximum Gasteiger partial charge on any atom is 0.285 e. The van der Waals surface area contributed by atoms with E-state index in [9.17, 15) is 14.5 Å². The Labute approximate surface area is 182 Å². The molecule has 1 aromatic heterocycles. The predicted octanol–water partition coefficient (Wildman–Crippen LogP) is 4.23. The Kier molecular flexibility index (Phi) is 4.73. The number of hydrogen-bond donors (Lipinski definition) is 1. The standard InChI is InChI=1S/C22H17ClFN5O2/c1-28-9-16-14(17(16)10-28)4-2-12-6-19-15(8-21(12)29(30)31)22(26-11-25-19)27-20-7-13(23)3-5-18(20)24/h3,5-8,11,14,16-17H,9-10H2,1H3,(H,25,26,27)/t14-,16+,17-. The minimum atomic E-state index is -0.520. The number of likely N-dealkylation sites (tertiary alicyclic amines) is 1. The summed E-state index contributed by atoms with van der Waals surface area (Å²) in [5.41, 5.74) is 0.775. The van der Waals surface area contributed by atoms with Crippen LogP contribution in [0.4, 0.5) is 21.6 Å². The van der Waals surface area contributed by atoms with Crippen molar-refractivity contribution in [3.05, 3.63) is 63.2 Å². The van der Waals surface area contributed by atoms with E-state index in [1.807, 2.05) is 0 Å². The molecule has 1 saturated heterocycles. The molecule has 0 unspecified atom stereocenters. The molecular weight excluding hydrogens is 421 g/mol. The molecule has 1 aliphatic carbocycles. The number of nitro groups is 1. The molecule has 2 fully saturated rings. The van der Waals surface area contributed by atoms with Crippen molar-refractivity contribution in [2.45, 2.75) is 0 Å². The summed E-state index contributed by atoms with van der Waals surface area (Å²) >= 11 is 5.95. The summed E-state index contributed by atoms with van der Waals surface area (Å²) in [6.45, 7) is 2.04. The number of benzene rings is 2. The van der Waals surface area contributed by atoms with Gasteiger partial charge in [-0.25, -0.2) is 14.4 Å². The number of anilines is 2. The molecule has 0 bridgehead atoms. The minimum absolute atomic E-state index is 0.115. The molecule has 31 heavy (non-hydrogen) atoms. The molecule has 1 N–H and O–H groups in total. The van der Waals surface area contributed by atoms with Crippen LogP contribution in [0.3, 0.4) is 0 Å². The summed E-state index contributed by atoms with van der Waals surface area (Å²) in [6, 6.07) is 7.05. The fraction of sp³-hybridized carbons (Fsp3) is 0.273. The van der Waals surface area contributed by atoms with Crippen LogP contribution in [0.2, 0.25) is 5.02 Å². The molecule has 1 saturated carbocycles. The molecule has 7 nitrogen and oxygen atoms in total. The van der Waals surface area contributed by atoms with Gasteiger partial charge in [0.25, 0.3) is 5.69 Å². The number of hydrogen-bond acceptors (Lipinski definition) is 6. The van der Waals surface area contributed by atoms with Crippen LogP contribution >= 0.6 is 11.6 Å². The minimum Gasteiger partial charge on any atom is -0.337 e. The topological polar surface area (TPSA) is 84.2 Å². The van der Waals surface area contributed by atoms with Gasteiger partial charge in [-0.05, 0) is 43.1 Å². The summed E-state index contributed by atoms with van der Waals surface area (Å²) in [5.74, 6) is 7.36. The molecule has 156 valence electrons. The molecule has 2 aliphatic rings. The average molecular weight is 438 g/mol. The smallest absolute Gasteiger partial charge is 0.285 e. The number of aromatic nitrogens is 2. The highest BCUT2D eigenvalue weighted by atomic mass is 35.5. The Morgan fingerprint density at radius 2 is 2.03 bits per heavy atom.